The lowest BCUT2D eigenvalue weighted by atomic mass is 10.1. The molecule has 0 fully saturated rings. The van der Waals surface area contributed by atoms with Gasteiger partial charge in [-0.25, -0.2) is 4.39 Å². The minimum absolute atomic E-state index is 0.125. The van der Waals surface area contributed by atoms with Gasteiger partial charge in [-0.3, -0.25) is 10.1 Å². The molecule has 2 aromatic carbocycles. The van der Waals surface area contributed by atoms with Gasteiger partial charge >= 0.3 is 0 Å². The predicted molar refractivity (Wildman–Crippen MR) is 121 cm³/mol. The molecular formula is C23H24ClFN4O3. The van der Waals surface area contributed by atoms with Crippen molar-refractivity contribution < 1.29 is 19.0 Å². The van der Waals surface area contributed by atoms with Crippen LogP contribution in [0.4, 0.5) is 10.1 Å². The van der Waals surface area contributed by atoms with E-state index >= 15 is 0 Å². The van der Waals surface area contributed by atoms with Gasteiger partial charge in [0.05, 0.1) is 31.7 Å². The molecule has 0 saturated carbocycles. The molecule has 0 amide bonds. The quantitative estimate of drug-likeness (QED) is 0.388. The van der Waals surface area contributed by atoms with E-state index in [2.05, 4.69) is 10.4 Å². The van der Waals surface area contributed by atoms with Gasteiger partial charge in [0, 0.05) is 24.5 Å². The van der Waals surface area contributed by atoms with E-state index in [1.54, 1.807) is 32.5 Å². The molecule has 3 N–H and O–H groups in total. The van der Waals surface area contributed by atoms with Crippen molar-refractivity contribution in [3.63, 3.8) is 0 Å². The fourth-order valence-corrected chi connectivity index (χ4v) is 3.21. The maximum Gasteiger partial charge on any atom is 0.135 e. The number of aromatic nitrogens is 2. The Morgan fingerprint density at radius 2 is 2.00 bits per heavy atom. The highest BCUT2D eigenvalue weighted by molar-refractivity contribution is 6.67. The van der Waals surface area contributed by atoms with Crippen LogP contribution in [0, 0.1) is 11.2 Å². The van der Waals surface area contributed by atoms with Crippen molar-refractivity contribution in [1.29, 1.82) is 5.41 Å². The summed E-state index contributed by atoms with van der Waals surface area (Å²) in [6.45, 7) is 0.451. The maximum atomic E-state index is 13.9. The second-order valence-electron chi connectivity index (χ2n) is 7.00. The van der Waals surface area contributed by atoms with Crippen molar-refractivity contribution in [2.24, 2.45) is 7.05 Å². The minimum atomic E-state index is -1.13. The van der Waals surface area contributed by atoms with Crippen molar-refractivity contribution in [2.75, 3.05) is 12.4 Å². The predicted octanol–water partition coefficient (Wildman–Crippen LogP) is 4.53. The number of ether oxygens (including phenoxy) is 2. The highest BCUT2D eigenvalue weighted by Gasteiger charge is 2.19. The van der Waals surface area contributed by atoms with Crippen molar-refractivity contribution >= 4 is 22.5 Å². The van der Waals surface area contributed by atoms with E-state index in [-0.39, 0.29) is 17.5 Å². The Kier molecular flexibility index (Phi) is 7.99. The molecule has 7 nitrogen and oxygen atoms in total. The second kappa shape index (κ2) is 10.9. The lowest BCUT2D eigenvalue weighted by molar-refractivity contribution is 0.107. The molecule has 0 saturated heterocycles. The van der Waals surface area contributed by atoms with Crippen LogP contribution in [0.1, 0.15) is 22.9 Å². The molecule has 0 radical (unpaired) electrons. The van der Waals surface area contributed by atoms with Gasteiger partial charge in [0.1, 0.15) is 22.8 Å². The number of hydrogen-bond acceptors (Lipinski definition) is 6. The molecule has 0 aliphatic rings. The summed E-state index contributed by atoms with van der Waals surface area (Å²) in [4.78, 5) is 0. The molecular weight excluding hydrogens is 435 g/mol. The molecule has 1 atom stereocenters. The van der Waals surface area contributed by atoms with Gasteiger partial charge in [0.15, 0.2) is 0 Å². The second-order valence-corrected chi connectivity index (χ2v) is 7.40. The van der Waals surface area contributed by atoms with Crippen molar-refractivity contribution in [2.45, 2.75) is 19.3 Å². The average Bonchev–Trinajstić information content (AvgIpc) is 3.20. The first-order valence-corrected chi connectivity index (χ1v) is 10.1. The molecule has 0 aliphatic carbocycles. The lowest BCUT2D eigenvalue weighted by Gasteiger charge is -2.20. The highest BCUT2D eigenvalue weighted by Crippen LogP contribution is 2.27. The largest absolute Gasteiger partial charge is 0.497 e. The van der Waals surface area contributed by atoms with Gasteiger partial charge in [-0.05, 0) is 48.0 Å². The van der Waals surface area contributed by atoms with Gasteiger partial charge < -0.3 is 19.9 Å². The molecule has 0 spiro atoms. The summed E-state index contributed by atoms with van der Waals surface area (Å²) in [7, 11) is 3.29. The van der Waals surface area contributed by atoms with E-state index < -0.39 is 11.9 Å². The normalized spacial score (nSPS) is 12.5. The van der Waals surface area contributed by atoms with Crippen LogP contribution in [-0.4, -0.2) is 27.2 Å². The first-order valence-electron chi connectivity index (χ1n) is 9.75. The van der Waals surface area contributed by atoms with Gasteiger partial charge in [0.25, 0.3) is 0 Å². The zero-order valence-electron chi connectivity index (χ0n) is 17.7. The van der Waals surface area contributed by atoms with Crippen molar-refractivity contribution in [3.8, 4) is 5.75 Å². The summed E-state index contributed by atoms with van der Waals surface area (Å²) in [5.41, 5.74) is 2.76. The van der Waals surface area contributed by atoms with Crippen LogP contribution in [0.3, 0.4) is 0 Å². The van der Waals surface area contributed by atoms with E-state index in [1.165, 1.54) is 22.9 Å². The first kappa shape index (κ1) is 23.5. The van der Waals surface area contributed by atoms with Gasteiger partial charge in [-0.2, -0.15) is 5.10 Å². The van der Waals surface area contributed by atoms with Crippen LogP contribution in [0.2, 0.25) is 0 Å². The fourth-order valence-electron chi connectivity index (χ4n) is 3.09. The first-order chi connectivity index (χ1) is 15.4. The third-order valence-corrected chi connectivity index (χ3v) is 4.86. The molecule has 1 aromatic heterocycles. The number of allylic oxidation sites excluding steroid dienone is 1. The third-order valence-electron chi connectivity index (χ3n) is 4.75. The van der Waals surface area contributed by atoms with Crippen LogP contribution in [0.5, 0.6) is 5.75 Å². The molecule has 3 rings (SSSR count). The number of rotatable bonds is 10. The maximum absolute atomic E-state index is 13.9. The molecule has 0 aliphatic heterocycles. The van der Waals surface area contributed by atoms with Gasteiger partial charge in [-0.1, -0.05) is 23.7 Å². The molecule has 3 aromatic rings. The smallest absolute Gasteiger partial charge is 0.135 e. The van der Waals surface area contributed by atoms with E-state index in [1.807, 2.05) is 24.3 Å². The SMILES string of the molecule is COc1ccc(COCc2cc(F)ccc2N/C(=C\C(=N)Cl)C(O)c2ccnn2C)cc1. The number of methoxy groups -OCH3 is 1. The standard InChI is InChI=1S/C23H24ClFN4O3/c1-29-21(9-10-27-29)23(30)20(12-22(24)26)28-19-8-5-17(25)11-16(19)14-32-13-15-3-6-18(31-2)7-4-15/h3-12,23,26,28,30H,13-14H2,1-2H3/b20-12-,26-22?. The van der Waals surface area contributed by atoms with E-state index in [4.69, 9.17) is 26.5 Å². The van der Waals surface area contributed by atoms with E-state index in [0.29, 0.717) is 23.6 Å². The highest BCUT2D eigenvalue weighted by atomic mass is 35.5. The monoisotopic (exact) mass is 458 g/mol. The summed E-state index contributed by atoms with van der Waals surface area (Å²) >= 11 is 5.76. The summed E-state index contributed by atoms with van der Waals surface area (Å²) in [6, 6.07) is 13.3. The Balaban J connectivity index is 1.77. The number of nitrogens with zero attached hydrogens (tertiary/aromatic N) is 2. The molecule has 9 heteroatoms. The summed E-state index contributed by atoms with van der Waals surface area (Å²) in [5.74, 6) is 0.336. The van der Waals surface area contributed by atoms with Crippen LogP contribution in [0.25, 0.3) is 0 Å². The zero-order chi connectivity index (χ0) is 23.1. The Labute approximate surface area is 190 Å². The Morgan fingerprint density at radius 3 is 2.62 bits per heavy atom. The van der Waals surface area contributed by atoms with Gasteiger partial charge in [0.2, 0.25) is 0 Å². The number of nitrogens with one attached hydrogen (secondary N) is 2. The van der Waals surface area contributed by atoms with Crippen LogP contribution >= 0.6 is 11.6 Å². The number of aryl methyl sites for hydroxylation is 1. The molecule has 0 bridgehead atoms. The molecule has 1 unspecified atom stereocenters. The Bertz CT molecular complexity index is 1100. The lowest BCUT2D eigenvalue weighted by Crippen LogP contribution is -2.15. The molecule has 168 valence electrons. The Hall–Kier alpha value is -3.20. The van der Waals surface area contributed by atoms with Crippen LogP contribution in [0.15, 0.2) is 66.5 Å². The fraction of sp³-hybridized carbons (Fsp3) is 0.217. The summed E-state index contributed by atoms with van der Waals surface area (Å²) in [5, 5.41) is 25.3. The van der Waals surface area contributed by atoms with Crippen molar-refractivity contribution in [1.82, 2.24) is 9.78 Å². The topological polar surface area (TPSA) is 92.4 Å². The Morgan fingerprint density at radius 1 is 1.25 bits per heavy atom. The van der Waals surface area contributed by atoms with Gasteiger partial charge in [-0.15, -0.1) is 0 Å². The zero-order valence-corrected chi connectivity index (χ0v) is 18.4. The third kappa shape index (κ3) is 6.16. The van der Waals surface area contributed by atoms with Crippen molar-refractivity contribution in [3.05, 3.63) is 89.1 Å². The number of aliphatic hydroxyl groups is 1. The van der Waals surface area contributed by atoms with Crippen LogP contribution in [-0.2, 0) is 25.0 Å². The minimum Gasteiger partial charge on any atom is -0.497 e. The van der Waals surface area contributed by atoms with Crippen LogP contribution < -0.4 is 10.1 Å². The average molecular weight is 459 g/mol. The summed E-state index contributed by atoms with van der Waals surface area (Å²) < 4.78 is 26.4. The number of halogens is 2. The van der Waals surface area contributed by atoms with E-state index in [0.717, 1.165) is 11.3 Å². The number of anilines is 1. The number of benzene rings is 2. The number of hydrogen-bond donors (Lipinski definition) is 3. The van der Waals surface area contributed by atoms with E-state index in [9.17, 15) is 9.50 Å². The molecule has 1 heterocycles. The summed E-state index contributed by atoms with van der Waals surface area (Å²) in [6.07, 6.45) is 1.73. The number of aliphatic hydroxyl groups excluding tert-OH is 1. The molecule has 32 heavy (non-hydrogen) atoms.